The number of rotatable bonds is 6. The summed E-state index contributed by atoms with van der Waals surface area (Å²) in [5.74, 6) is -0.609. The van der Waals surface area contributed by atoms with Crippen molar-refractivity contribution in [2.75, 3.05) is 0 Å². The SMILES string of the molecule is CCC(C)C(C)NS(=O)(=O)c1cc(F)c(Cl)c(CN)c1. The Morgan fingerprint density at radius 3 is 2.50 bits per heavy atom. The number of benzene rings is 1. The first kappa shape index (κ1) is 17.4. The van der Waals surface area contributed by atoms with Crippen LogP contribution in [0.25, 0.3) is 0 Å². The highest BCUT2D eigenvalue weighted by molar-refractivity contribution is 7.89. The fourth-order valence-electron chi connectivity index (χ4n) is 1.70. The molecule has 0 aliphatic carbocycles. The minimum atomic E-state index is -3.79. The summed E-state index contributed by atoms with van der Waals surface area (Å²) >= 11 is 5.72. The van der Waals surface area contributed by atoms with Gasteiger partial charge in [-0.3, -0.25) is 0 Å². The van der Waals surface area contributed by atoms with Crippen LogP contribution in [0.4, 0.5) is 4.39 Å². The van der Waals surface area contributed by atoms with E-state index in [4.69, 9.17) is 17.3 Å². The molecule has 1 aromatic carbocycles. The van der Waals surface area contributed by atoms with Crippen LogP contribution in [-0.2, 0) is 16.6 Å². The molecule has 0 fully saturated rings. The van der Waals surface area contributed by atoms with Gasteiger partial charge in [0.1, 0.15) is 5.82 Å². The molecule has 3 N–H and O–H groups in total. The summed E-state index contributed by atoms with van der Waals surface area (Å²) in [5, 5.41) is -0.138. The van der Waals surface area contributed by atoms with E-state index in [0.29, 0.717) is 0 Å². The van der Waals surface area contributed by atoms with Crippen molar-refractivity contribution in [3.05, 3.63) is 28.5 Å². The van der Waals surface area contributed by atoms with Gasteiger partial charge in [-0.15, -0.1) is 0 Å². The molecule has 0 heterocycles. The van der Waals surface area contributed by atoms with Gasteiger partial charge in [-0.05, 0) is 30.5 Å². The average molecular weight is 323 g/mol. The van der Waals surface area contributed by atoms with E-state index in [1.165, 1.54) is 6.07 Å². The molecule has 0 saturated heterocycles. The van der Waals surface area contributed by atoms with Gasteiger partial charge >= 0.3 is 0 Å². The Bertz CT molecular complexity index is 578. The molecule has 2 atom stereocenters. The maximum Gasteiger partial charge on any atom is 0.240 e. The molecule has 1 aromatic rings. The van der Waals surface area contributed by atoms with Crippen LogP contribution in [0, 0.1) is 11.7 Å². The summed E-state index contributed by atoms with van der Waals surface area (Å²) < 4.78 is 40.6. The lowest BCUT2D eigenvalue weighted by molar-refractivity contribution is 0.434. The van der Waals surface area contributed by atoms with Crippen molar-refractivity contribution in [2.45, 2.75) is 44.7 Å². The van der Waals surface area contributed by atoms with Crippen LogP contribution in [0.5, 0.6) is 0 Å². The van der Waals surface area contributed by atoms with Gasteiger partial charge in [0.2, 0.25) is 10.0 Å². The van der Waals surface area contributed by atoms with Gasteiger partial charge in [0.15, 0.2) is 0 Å². The molecule has 0 radical (unpaired) electrons. The van der Waals surface area contributed by atoms with E-state index >= 15 is 0 Å². The molecule has 0 amide bonds. The number of halogens is 2. The predicted molar refractivity (Wildman–Crippen MR) is 78.5 cm³/mol. The molecular weight excluding hydrogens is 303 g/mol. The number of nitrogens with two attached hydrogens (primary N) is 1. The van der Waals surface area contributed by atoms with Crippen molar-refractivity contribution in [2.24, 2.45) is 11.7 Å². The quantitative estimate of drug-likeness (QED) is 0.845. The fourth-order valence-corrected chi connectivity index (χ4v) is 3.30. The molecule has 0 aliphatic heterocycles. The summed E-state index contributed by atoms with van der Waals surface area (Å²) in [7, 11) is -3.79. The van der Waals surface area contributed by atoms with Gasteiger partial charge in [0, 0.05) is 12.6 Å². The minimum absolute atomic E-state index is 0.0277. The number of nitrogens with one attached hydrogen (secondary N) is 1. The van der Waals surface area contributed by atoms with E-state index in [1.54, 1.807) is 6.92 Å². The normalized spacial score (nSPS) is 15.1. The van der Waals surface area contributed by atoms with Crippen LogP contribution < -0.4 is 10.5 Å². The highest BCUT2D eigenvalue weighted by atomic mass is 35.5. The standard InChI is InChI=1S/C13H20ClFN2O2S/c1-4-8(2)9(3)17-20(18,19)11-5-10(7-16)13(14)12(15)6-11/h5-6,8-9,17H,4,7,16H2,1-3H3. The van der Waals surface area contributed by atoms with Crippen molar-refractivity contribution in [3.8, 4) is 0 Å². The third kappa shape index (κ3) is 3.91. The Balaban J connectivity index is 3.13. The van der Waals surface area contributed by atoms with Gasteiger partial charge in [0.25, 0.3) is 0 Å². The molecule has 4 nitrogen and oxygen atoms in total. The Morgan fingerprint density at radius 2 is 2.00 bits per heavy atom. The summed E-state index contributed by atoms with van der Waals surface area (Å²) in [5.41, 5.74) is 5.70. The lowest BCUT2D eigenvalue weighted by Gasteiger charge is -2.20. The lowest BCUT2D eigenvalue weighted by atomic mass is 10.0. The third-order valence-corrected chi connectivity index (χ3v) is 5.41. The second-order valence-electron chi connectivity index (χ2n) is 4.88. The third-order valence-electron chi connectivity index (χ3n) is 3.45. The largest absolute Gasteiger partial charge is 0.326 e. The van der Waals surface area contributed by atoms with Gasteiger partial charge in [-0.25, -0.2) is 17.5 Å². The summed E-state index contributed by atoms with van der Waals surface area (Å²) in [6.45, 7) is 5.67. The number of hydrogen-bond acceptors (Lipinski definition) is 3. The average Bonchev–Trinajstić information content (AvgIpc) is 2.39. The Labute approximate surface area is 124 Å². The van der Waals surface area contributed by atoms with E-state index in [1.807, 2.05) is 13.8 Å². The number of sulfonamides is 1. The Hall–Kier alpha value is -0.690. The molecule has 0 aromatic heterocycles. The van der Waals surface area contributed by atoms with Crippen LogP contribution in [0.1, 0.15) is 32.8 Å². The van der Waals surface area contributed by atoms with Crippen molar-refractivity contribution >= 4 is 21.6 Å². The van der Waals surface area contributed by atoms with Crippen LogP contribution >= 0.6 is 11.6 Å². The molecule has 20 heavy (non-hydrogen) atoms. The minimum Gasteiger partial charge on any atom is -0.326 e. The smallest absolute Gasteiger partial charge is 0.240 e. The summed E-state index contributed by atoms with van der Waals surface area (Å²) in [6.07, 6.45) is 0.840. The maximum atomic E-state index is 13.6. The molecule has 0 spiro atoms. The van der Waals surface area contributed by atoms with E-state index in [0.717, 1.165) is 12.5 Å². The van der Waals surface area contributed by atoms with E-state index in [-0.39, 0.29) is 34.0 Å². The maximum absolute atomic E-state index is 13.6. The molecular formula is C13H20ClFN2O2S. The topological polar surface area (TPSA) is 72.2 Å². The first-order chi connectivity index (χ1) is 9.22. The van der Waals surface area contributed by atoms with Gasteiger partial charge < -0.3 is 5.73 Å². The second-order valence-corrected chi connectivity index (χ2v) is 6.97. The van der Waals surface area contributed by atoms with Crippen molar-refractivity contribution in [3.63, 3.8) is 0 Å². The number of hydrogen-bond donors (Lipinski definition) is 2. The first-order valence-electron chi connectivity index (χ1n) is 6.43. The predicted octanol–water partition coefficient (Wildman–Crippen LogP) is 2.65. The second kappa shape index (κ2) is 6.85. The van der Waals surface area contributed by atoms with Gasteiger partial charge in [-0.2, -0.15) is 0 Å². The Morgan fingerprint density at radius 1 is 1.40 bits per heavy atom. The van der Waals surface area contributed by atoms with E-state index < -0.39 is 15.8 Å². The van der Waals surface area contributed by atoms with Crippen molar-refractivity contribution < 1.29 is 12.8 Å². The fraction of sp³-hybridized carbons (Fsp3) is 0.538. The van der Waals surface area contributed by atoms with Crippen LogP contribution in [-0.4, -0.2) is 14.5 Å². The molecule has 0 saturated carbocycles. The zero-order chi connectivity index (χ0) is 15.5. The zero-order valence-corrected chi connectivity index (χ0v) is 13.4. The highest BCUT2D eigenvalue weighted by Gasteiger charge is 2.22. The van der Waals surface area contributed by atoms with Gasteiger partial charge in [0.05, 0.1) is 9.92 Å². The molecule has 0 aliphatic rings. The lowest BCUT2D eigenvalue weighted by Crippen LogP contribution is -2.37. The molecule has 0 bridgehead atoms. The van der Waals surface area contributed by atoms with E-state index in [2.05, 4.69) is 4.72 Å². The monoisotopic (exact) mass is 322 g/mol. The first-order valence-corrected chi connectivity index (χ1v) is 8.29. The molecule has 114 valence electrons. The van der Waals surface area contributed by atoms with Gasteiger partial charge in [-0.1, -0.05) is 31.9 Å². The Kier molecular flexibility index (Phi) is 5.94. The van der Waals surface area contributed by atoms with Crippen molar-refractivity contribution in [1.29, 1.82) is 0 Å². The molecule has 1 rings (SSSR count). The zero-order valence-electron chi connectivity index (χ0n) is 11.8. The summed E-state index contributed by atoms with van der Waals surface area (Å²) in [6, 6.07) is 1.97. The summed E-state index contributed by atoms with van der Waals surface area (Å²) in [4.78, 5) is -0.157. The van der Waals surface area contributed by atoms with E-state index in [9.17, 15) is 12.8 Å². The van der Waals surface area contributed by atoms with Crippen LogP contribution in [0.15, 0.2) is 17.0 Å². The molecule has 2 unspecified atom stereocenters. The van der Waals surface area contributed by atoms with Crippen LogP contribution in [0.3, 0.4) is 0 Å². The van der Waals surface area contributed by atoms with Crippen molar-refractivity contribution in [1.82, 2.24) is 4.72 Å². The highest BCUT2D eigenvalue weighted by Crippen LogP contribution is 2.24. The molecule has 7 heteroatoms. The van der Waals surface area contributed by atoms with Crippen LogP contribution in [0.2, 0.25) is 5.02 Å².